The lowest BCUT2D eigenvalue weighted by Crippen LogP contribution is -2.46. The van der Waals surface area contributed by atoms with Gasteiger partial charge in [0.25, 0.3) is 0 Å². The molecule has 0 radical (unpaired) electrons. The van der Waals surface area contributed by atoms with E-state index in [2.05, 4.69) is 5.32 Å². The molecule has 2 heterocycles. The van der Waals surface area contributed by atoms with Gasteiger partial charge in [-0.1, -0.05) is 0 Å². The lowest BCUT2D eigenvalue weighted by molar-refractivity contribution is 0.00892. The Morgan fingerprint density at radius 3 is 1.72 bits per heavy atom. The quantitative estimate of drug-likeness (QED) is 0.688. The van der Waals surface area contributed by atoms with Gasteiger partial charge in [-0.25, -0.2) is 8.78 Å². The van der Waals surface area contributed by atoms with Gasteiger partial charge in [-0.3, -0.25) is 0 Å². The van der Waals surface area contributed by atoms with Crippen molar-refractivity contribution >= 4 is 0 Å². The fraction of sp³-hybridized carbons (Fsp3) is 0.455. The Bertz CT molecular complexity index is 793. The van der Waals surface area contributed by atoms with Gasteiger partial charge in [-0.05, 0) is 73.2 Å². The van der Waals surface area contributed by atoms with Crippen molar-refractivity contribution in [3.63, 3.8) is 0 Å². The van der Waals surface area contributed by atoms with Crippen molar-refractivity contribution < 1.29 is 28.5 Å². The zero-order valence-electron chi connectivity index (χ0n) is 16.0. The lowest BCUT2D eigenvalue weighted by Gasteiger charge is -2.31. The molecule has 2 aromatic rings. The first-order valence-electron chi connectivity index (χ1n) is 9.96. The van der Waals surface area contributed by atoms with E-state index < -0.39 is 12.2 Å². The van der Waals surface area contributed by atoms with Gasteiger partial charge in [0.1, 0.15) is 47.5 Å². The van der Waals surface area contributed by atoms with E-state index >= 15 is 0 Å². The Morgan fingerprint density at radius 1 is 0.828 bits per heavy atom. The number of benzene rings is 2. The first-order valence-corrected chi connectivity index (χ1v) is 9.96. The molecule has 4 atom stereocenters. The van der Waals surface area contributed by atoms with E-state index in [4.69, 9.17) is 9.47 Å². The molecule has 7 heteroatoms. The van der Waals surface area contributed by atoms with E-state index in [1.807, 2.05) is 0 Å². The highest BCUT2D eigenvalue weighted by Gasteiger charge is 2.29. The Balaban J connectivity index is 1.24. The smallest absolute Gasteiger partial charge is 0.126 e. The van der Waals surface area contributed by atoms with E-state index in [1.54, 1.807) is 12.1 Å². The normalized spacial score (nSPS) is 22.6. The van der Waals surface area contributed by atoms with Crippen LogP contribution in [0.15, 0.2) is 36.4 Å². The van der Waals surface area contributed by atoms with Crippen LogP contribution in [-0.2, 0) is 12.8 Å². The van der Waals surface area contributed by atoms with Crippen LogP contribution in [0.2, 0.25) is 0 Å². The van der Waals surface area contributed by atoms with Gasteiger partial charge in [-0.15, -0.1) is 0 Å². The molecule has 2 aliphatic rings. The SMILES string of the molecule is OC(CNC[C@@H](O)C1CCc2cc(F)ccc2O1)[C@@H]1CCc2cc(F)ccc2O1. The summed E-state index contributed by atoms with van der Waals surface area (Å²) >= 11 is 0. The van der Waals surface area contributed by atoms with E-state index in [0.29, 0.717) is 37.2 Å². The summed E-state index contributed by atoms with van der Waals surface area (Å²) in [5.41, 5.74) is 1.62. The Morgan fingerprint density at radius 2 is 1.28 bits per heavy atom. The Kier molecular flexibility index (Phi) is 5.99. The zero-order chi connectivity index (χ0) is 20.4. The largest absolute Gasteiger partial charge is 0.487 e. The van der Waals surface area contributed by atoms with Gasteiger partial charge < -0.3 is 25.0 Å². The molecule has 0 spiro atoms. The number of hydrogen-bond acceptors (Lipinski definition) is 5. The first-order chi connectivity index (χ1) is 14.0. The van der Waals surface area contributed by atoms with E-state index in [0.717, 1.165) is 11.1 Å². The molecule has 156 valence electrons. The molecule has 0 bridgehead atoms. The number of halogens is 2. The van der Waals surface area contributed by atoms with Crippen molar-refractivity contribution in [2.24, 2.45) is 0 Å². The standard InChI is InChI=1S/C22H25F2NO4/c23-15-3-7-19-13(9-15)1-5-21(28-19)17(26)11-25-12-18(27)22-6-2-14-10-16(24)4-8-20(14)29-22/h3-4,7-10,17-18,21-22,25-27H,1-2,5-6,11-12H2/t17-,18?,21?,22+/m1/s1. The second-order valence-corrected chi connectivity index (χ2v) is 7.69. The third-order valence-corrected chi connectivity index (χ3v) is 5.56. The average Bonchev–Trinajstić information content (AvgIpc) is 2.72. The maximum atomic E-state index is 13.3. The summed E-state index contributed by atoms with van der Waals surface area (Å²) < 4.78 is 38.2. The number of rotatable bonds is 6. The Hall–Kier alpha value is -2.22. The predicted octanol–water partition coefficient (Wildman–Crippen LogP) is 2.36. The van der Waals surface area contributed by atoms with Gasteiger partial charge in [-0.2, -0.15) is 0 Å². The topological polar surface area (TPSA) is 71.0 Å². The minimum absolute atomic E-state index is 0.257. The summed E-state index contributed by atoms with van der Waals surface area (Å²) in [5.74, 6) is 0.624. The molecular formula is C22H25F2NO4. The van der Waals surface area contributed by atoms with Crippen LogP contribution in [0.25, 0.3) is 0 Å². The van der Waals surface area contributed by atoms with Gasteiger partial charge in [0.05, 0.1) is 0 Å². The van der Waals surface area contributed by atoms with Crippen LogP contribution in [0.5, 0.6) is 11.5 Å². The molecule has 2 aromatic carbocycles. The number of ether oxygens (including phenoxy) is 2. The van der Waals surface area contributed by atoms with Crippen molar-refractivity contribution in [3.05, 3.63) is 59.2 Å². The second-order valence-electron chi connectivity index (χ2n) is 7.69. The summed E-state index contributed by atoms with van der Waals surface area (Å²) in [5, 5.41) is 23.9. The molecule has 0 amide bonds. The molecule has 0 aromatic heterocycles. The second kappa shape index (κ2) is 8.65. The number of aliphatic hydroxyl groups is 2. The van der Waals surface area contributed by atoms with Crippen LogP contribution in [0.1, 0.15) is 24.0 Å². The summed E-state index contributed by atoms with van der Waals surface area (Å²) in [7, 11) is 0. The van der Waals surface area contributed by atoms with Gasteiger partial charge in [0.15, 0.2) is 0 Å². The number of aliphatic hydroxyl groups excluding tert-OH is 2. The van der Waals surface area contributed by atoms with Gasteiger partial charge in [0.2, 0.25) is 0 Å². The minimum atomic E-state index is -0.753. The van der Waals surface area contributed by atoms with Gasteiger partial charge >= 0.3 is 0 Å². The highest BCUT2D eigenvalue weighted by Crippen LogP contribution is 2.30. The Labute approximate surface area is 168 Å². The van der Waals surface area contributed by atoms with E-state index in [9.17, 15) is 19.0 Å². The van der Waals surface area contributed by atoms with Crippen molar-refractivity contribution in [1.29, 1.82) is 0 Å². The maximum absolute atomic E-state index is 13.3. The number of nitrogens with one attached hydrogen (secondary N) is 1. The first kappa shape index (κ1) is 20.1. The lowest BCUT2D eigenvalue weighted by atomic mass is 9.98. The molecule has 3 N–H and O–H groups in total. The molecule has 2 aliphatic heterocycles. The molecule has 5 nitrogen and oxygen atoms in total. The summed E-state index contributed by atoms with van der Waals surface area (Å²) in [6.07, 6.45) is 0.214. The van der Waals surface area contributed by atoms with Gasteiger partial charge in [0, 0.05) is 13.1 Å². The van der Waals surface area contributed by atoms with Crippen LogP contribution in [-0.4, -0.2) is 47.7 Å². The molecular weight excluding hydrogens is 380 g/mol. The summed E-state index contributed by atoms with van der Waals surface area (Å²) in [4.78, 5) is 0. The van der Waals surface area contributed by atoms with Crippen molar-refractivity contribution in [2.45, 2.75) is 50.1 Å². The minimum Gasteiger partial charge on any atom is -0.487 e. The van der Waals surface area contributed by atoms with Crippen molar-refractivity contribution in [1.82, 2.24) is 5.32 Å². The zero-order valence-corrected chi connectivity index (χ0v) is 16.0. The monoisotopic (exact) mass is 405 g/mol. The van der Waals surface area contributed by atoms with E-state index in [1.165, 1.54) is 24.3 Å². The molecule has 0 aliphatic carbocycles. The predicted molar refractivity (Wildman–Crippen MR) is 103 cm³/mol. The number of fused-ring (bicyclic) bond motifs is 2. The van der Waals surface area contributed by atoms with Crippen LogP contribution >= 0.6 is 0 Å². The molecule has 0 fully saturated rings. The van der Waals surface area contributed by atoms with Crippen LogP contribution in [0.4, 0.5) is 8.78 Å². The number of aryl methyl sites for hydroxylation is 2. The highest BCUT2D eigenvalue weighted by molar-refractivity contribution is 5.36. The van der Waals surface area contributed by atoms with Crippen molar-refractivity contribution in [3.8, 4) is 11.5 Å². The highest BCUT2D eigenvalue weighted by atomic mass is 19.1. The van der Waals surface area contributed by atoms with Crippen LogP contribution < -0.4 is 14.8 Å². The third kappa shape index (κ3) is 4.69. The fourth-order valence-corrected chi connectivity index (χ4v) is 3.94. The molecule has 0 saturated heterocycles. The van der Waals surface area contributed by atoms with Crippen LogP contribution in [0.3, 0.4) is 0 Å². The molecule has 4 rings (SSSR count). The maximum Gasteiger partial charge on any atom is 0.126 e. The van der Waals surface area contributed by atoms with Crippen LogP contribution in [0, 0.1) is 11.6 Å². The fourth-order valence-electron chi connectivity index (χ4n) is 3.94. The molecule has 2 unspecified atom stereocenters. The third-order valence-electron chi connectivity index (χ3n) is 5.56. The van der Waals surface area contributed by atoms with Crippen molar-refractivity contribution in [2.75, 3.05) is 13.1 Å². The molecule has 29 heavy (non-hydrogen) atoms. The summed E-state index contributed by atoms with van der Waals surface area (Å²) in [6.45, 7) is 0.513. The summed E-state index contributed by atoms with van der Waals surface area (Å²) in [6, 6.07) is 8.79. The average molecular weight is 405 g/mol. The molecule has 0 saturated carbocycles. The van der Waals surface area contributed by atoms with E-state index in [-0.39, 0.29) is 36.9 Å². The number of hydrogen-bond donors (Lipinski definition) is 3.